The van der Waals surface area contributed by atoms with Gasteiger partial charge in [0, 0.05) is 25.3 Å². The molecule has 0 amide bonds. The van der Waals surface area contributed by atoms with Crippen LogP contribution in [-0.4, -0.2) is 4.75 Å². The van der Waals surface area contributed by atoms with Crippen molar-refractivity contribution in [1.29, 1.82) is 0 Å². The van der Waals surface area contributed by atoms with Crippen LogP contribution in [0.3, 0.4) is 0 Å². The fourth-order valence-electron chi connectivity index (χ4n) is 4.75. The van der Waals surface area contributed by atoms with Crippen LogP contribution in [0.1, 0.15) is 131 Å². The van der Waals surface area contributed by atoms with Gasteiger partial charge >= 0.3 is 0 Å². The van der Waals surface area contributed by atoms with Crippen LogP contribution in [0.2, 0.25) is 0 Å². The number of hydrogen-bond acceptors (Lipinski definition) is 2. The van der Waals surface area contributed by atoms with Gasteiger partial charge in [0.25, 0.3) is 0 Å². The van der Waals surface area contributed by atoms with Gasteiger partial charge in [-0.2, -0.15) is 24.1 Å². The monoisotopic (exact) mass is 607 g/mol. The van der Waals surface area contributed by atoms with E-state index >= 15 is 0 Å². The fraction of sp³-hybridized carbons (Fsp3) is 0.656. The normalized spacial score (nSPS) is 18.3. The van der Waals surface area contributed by atoms with Crippen molar-refractivity contribution in [3.63, 3.8) is 0 Å². The van der Waals surface area contributed by atoms with Gasteiger partial charge in [-0.25, -0.2) is 6.08 Å². The quantitative estimate of drug-likeness (QED) is 0.172. The number of thiol groups is 2. The number of allylic oxidation sites excluding steroid dienone is 3. The molecule has 0 saturated heterocycles. The maximum atomic E-state index is 5.08. The molecule has 0 aromatic heterocycles. The van der Waals surface area contributed by atoms with E-state index in [9.17, 15) is 0 Å². The number of benzene rings is 1. The summed E-state index contributed by atoms with van der Waals surface area (Å²) in [6.45, 7) is 29.4. The topological polar surface area (TPSA) is 0 Å². The Morgan fingerprint density at radius 1 is 0.743 bits per heavy atom. The molecule has 1 aliphatic rings. The predicted molar refractivity (Wildman–Crippen MR) is 162 cm³/mol. The Labute approximate surface area is 244 Å². The Kier molecular flexibility index (Phi) is 14.7. The van der Waals surface area contributed by atoms with Crippen LogP contribution in [-0.2, 0) is 20.4 Å². The molecule has 1 aromatic rings. The molecule has 1 aromatic carbocycles. The average molecular weight is 608 g/mol. The second-order valence-corrected chi connectivity index (χ2v) is 13.1. The van der Waals surface area contributed by atoms with E-state index in [2.05, 4.69) is 114 Å². The van der Waals surface area contributed by atoms with Crippen LogP contribution in [0.4, 0.5) is 0 Å². The molecule has 0 fully saturated rings. The summed E-state index contributed by atoms with van der Waals surface area (Å²) in [7, 11) is 0. The first-order valence-corrected chi connectivity index (χ1v) is 14.4. The summed E-state index contributed by atoms with van der Waals surface area (Å²) in [5.74, 6) is 4.86. The van der Waals surface area contributed by atoms with E-state index in [-0.39, 0.29) is 25.2 Å². The van der Waals surface area contributed by atoms with Gasteiger partial charge in [0.2, 0.25) is 0 Å². The second kappa shape index (κ2) is 14.8. The Morgan fingerprint density at radius 3 is 1.49 bits per heavy atom. The van der Waals surface area contributed by atoms with E-state index in [1.54, 1.807) is 0 Å². The van der Waals surface area contributed by atoms with E-state index in [1.807, 2.05) is 0 Å². The minimum atomic E-state index is -0.0409. The van der Waals surface area contributed by atoms with E-state index in [0.717, 1.165) is 6.42 Å². The van der Waals surface area contributed by atoms with Gasteiger partial charge in [-0.1, -0.05) is 120 Å². The third kappa shape index (κ3) is 8.74. The van der Waals surface area contributed by atoms with Gasteiger partial charge in [-0.05, 0) is 51.5 Å². The summed E-state index contributed by atoms with van der Waals surface area (Å²) in [6.07, 6.45) is 5.87. The molecule has 0 saturated carbocycles. The van der Waals surface area contributed by atoms with Gasteiger partial charge in [0.1, 0.15) is 0 Å². The molecule has 2 rings (SSSR count). The van der Waals surface area contributed by atoms with Crippen LogP contribution >= 0.6 is 25.3 Å². The van der Waals surface area contributed by atoms with Crippen molar-refractivity contribution in [2.45, 2.75) is 124 Å². The van der Waals surface area contributed by atoms with Crippen LogP contribution < -0.4 is 0 Å². The third-order valence-corrected chi connectivity index (χ3v) is 8.47. The van der Waals surface area contributed by atoms with Gasteiger partial charge in [0.15, 0.2) is 0 Å². The van der Waals surface area contributed by atoms with Crippen molar-refractivity contribution in [3.05, 3.63) is 58.0 Å². The SMILES string of the molecule is CC(C)c1cc(C(C)C)c(S)c(C(C)C)c1.CCC1(S)C(C(C)C)=CC(C(C)C)=C[C-]1C(C)C.[Pd]. The van der Waals surface area contributed by atoms with Gasteiger partial charge in [-0.3, -0.25) is 0 Å². The molecule has 0 bridgehead atoms. The summed E-state index contributed by atoms with van der Waals surface area (Å²) in [6, 6.07) is 4.65. The zero-order valence-electron chi connectivity index (χ0n) is 24.7. The Balaban J connectivity index is 0.000000646. The molecule has 1 aliphatic carbocycles. The van der Waals surface area contributed by atoms with Crippen molar-refractivity contribution in [1.82, 2.24) is 0 Å². The van der Waals surface area contributed by atoms with Crippen molar-refractivity contribution in [2.75, 3.05) is 0 Å². The molecule has 35 heavy (non-hydrogen) atoms. The summed E-state index contributed by atoms with van der Waals surface area (Å²) in [5, 5.41) is 0. The molecule has 0 nitrogen and oxygen atoms in total. The smallest absolute Gasteiger partial charge is 0.0110 e. The summed E-state index contributed by atoms with van der Waals surface area (Å²) >= 11 is 9.78. The molecule has 0 heterocycles. The van der Waals surface area contributed by atoms with Crippen LogP contribution in [0.15, 0.2) is 40.3 Å². The molecule has 0 aliphatic heterocycles. The van der Waals surface area contributed by atoms with Crippen LogP contribution in [0.5, 0.6) is 0 Å². The first-order chi connectivity index (χ1) is 15.6. The van der Waals surface area contributed by atoms with Gasteiger partial charge < -0.3 is 0 Å². The maximum absolute atomic E-state index is 5.08. The average Bonchev–Trinajstić information content (AvgIpc) is 2.73. The number of hydrogen-bond donors (Lipinski definition) is 2. The van der Waals surface area contributed by atoms with Crippen molar-refractivity contribution < 1.29 is 20.4 Å². The molecule has 0 spiro atoms. The number of rotatable bonds is 7. The molecular weight excluding hydrogens is 555 g/mol. The minimum Gasteiger partial charge on any atom is -0.220 e. The molecule has 0 radical (unpaired) electrons. The molecule has 1 atom stereocenters. The summed E-state index contributed by atoms with van der Waals surface area (Å²) in [5.41, 5.74) is 7.16. The zero-order chi connectivity index (χ0) is 26.5. The Bertz CT molecular complexity index is 829. The maximum Gasteiger partial charge on any atom is 0.0110 e. The molecule has 1 unspecified atom stereocenters. The first kappa shape index (κ1) is 34.9. The zero-order valence-corrected chi connectivity index (χ0v) is 28.0. The van der Waals surface area contributed by atoms with E-state index < -0.39 is 0 Å². The van der Waals surface area contributed by atoms with E-state index in [0.29, 0.717) is 35.5 Å². The molecule has 0 N–H and O–H groups in total. The van der Waals surface area contributed by atoms with Crippen molar-refractivity contribution in [2.24, 2.45) is 17.8 Å². The third-order valence-electron chi connectivity index (χ3n) is 7.12. The standard InChI is InChI=1S/C17H29S.C15H24S.Pd/c1-8-17(18)15(12(4)5)9-14(11(2)3)10-16(17)13(6)7;1-9(2)12-7-13(10(3)4)15(16)14(8-12)11(5)6;/h9-13,18H,8H2,1-7H3;7-11,16H,1-6H3;/q-1;;. The fourth-order valence-corrected chi connectivity index (χ4v) is 6.04. The first-order valence-electron chi connectivity index (χ1n) is 13.5. The largest absolute Gasteiger partial charge is 0.220 e. The van der Waals surface area contributed by atoms with Crippen molar-refractivity contribution in [3.8, 4) is 0 Å². The molecule has 3 heteroatoms. The van der Waals surface area contributed by atoms with Crippen LogP contribution in [0, 0.1) is 23.7 Å². The van der Waals surface area contributed by atoms with Crippen molar-refractivity contribution >= 4 is 25.3 Å². The van der Waals surface area contributed by atoms with Gasteiger partial charge in [0.05, 0.1) is 0 Å². The molecule has 204 valence electrons. The Hall–Kier alpha value is -0.0677. The summed E-state index contributed by atoms with van der Waals surface area (Å²) < 4.78 is -0.0409. The van der Waals surface area contributed by atoms with E-state index in [1.165, 1.54) is 38.6 Å². The van der Waals surface area contributed by atoms with Gasteiger partial charge in [-0.15, -0.1) is 18.7 Å². The molecular formula is C32H53PdS2-. The summed E-state index contributed by atoms with van der Waals surface area (Å²) in [4.78, 5) is 1.19. The van der Waals surface area contributed by atoms with E-state index in [4.69, 9.17) is 25.3 Å². The minimum absolute atomic E-state index is 0. The van der Waals surface area contributed by atoms with Crippen LogP contribution in [0.25, 0.3) is 0 Å². The second-order valence-electron chi connectivity index (χ2n) is 11.9. The Morgan fingerprint density at radius 2 is 1.20 bits per heavy atom. The predicted octanol–water partition coefficient (Wildman–Crippen LogP) is 10.8.